The lowest BCUT2D eigenvalue weighted by Gasteiger charge is -2.26. The van der Waals surface area contributed by atoms with E-state index in [1.165, 1.54) is 38.1 Å². The minimum atomic E-state index is -3.11. The van der Waals surface area contributed by atoms with Gasteiger partial charge in [-0.15, -0.1) is 0 Å². The number of rotatable bonds is 7. The molecule has 0 unspecified atom stereocenters. The Morgan fingerprint density at radius 3 is 2.56 bits per heavy atom. The zero-order valence-corrected chi connectivity index (χ0v) is 16.7. The van der Waals surface area contributed by atoms with Crippen LogP contribution in [-0.2, 0) is 19.4 Å². The highest BCUT2D eigenvalue weighted by Crippen LogP contribution is 2.28. The van der Waals surface area contributed by atoms with Crippen molar-refractivity contribution in [3.8, 4) is 11.5 Å². The number of esters is 1. The van der Waals surface area contributed by atoms with Crippen molar-refractivity contribution in [2.75, 3.05) is 32.3 Å². The van der Waals surface area contributed by atoms with Crippen molar-refractivity contribution in [1.29, 1.82) is 0 Å². The number of hydrogen-bond donors (Lipinski definition) is 0. The molecule has 9 heteroatoms. The molecule has 0 spiro atoms. The van der Waals surface area contributed by atoms with Crippen LogP contribution in [0.25, 0.3) is 0 Å². The summed E-state index contributed by atoms with van der Waals surface area (Å²) in [6.45, 7) is 3.68. The highest BCUT2D eigenvalue weighted by molar-refractivity contribution is 7.91. The summed E-state index contributed by atoms with van der Waals surface area (Å²) in [7, 11) is -0.0878. The smallest absolute Gasteiger partial charge is 0.339 e. The standard InChI is InChI=1S/C18H25NO7S/c1-5-25-16-10-13(6-7-15(16)24-4)18(21)26-12(2)17(20)19(3)14-8-9-27(22,23)11-14/h6-7,10,12,14H,5,8-9,11H2,1-4H3/t12-,14-/m0/s1. The summed E-state index contributed by atoms with van der Waals surface area (Å²) in [5, 5.41) is 0. The Morgan fingerprint density at radius 1 is 1.30 bits per heavy atom. The number of ether oxygens (including phenoxy) is 3. The SMILES string of the molecule is CCOc1cc(C(=O)O[C@@H](C)C(=O)N(C)[C@H]2CCS(=O)(=O)C2)ccc1OC. The molecule has 1 aliphatic heterocycles. The van der Waals surface area contributed by atoms with Crippen LogP contribution < -0.4 is 9.47 Å². The average molecular weight is 399 g/mol. The van der Waals surface area contributed by atoms with E-state index in [0.29, 0.717) is 24.5 Å². The Morgan fingerprint density at radius 2 is 2.00 bits per heavy atom. The molecule has 150 valence electrons. The number of nitrogens with zero attached hydrogens (tertiary/aromatic N) is 1. The van der Waals surface area contributed by atoms with Gasteiger partial charge in [0.15, 0.2) is 27.4 Å². The van der Waals surface area contributed by atoms with Crippen molar-refractivity contribution in [2.45, 2.75) is 32.4 Å². The maximum absolute atomic E-state index is 12.5. The van der Waals surface area contributed by atoms with Crippen molar-refractivity contribution < 1.29 is 32.2 Å². The van der Waals surface area contributed by atoms with Crippen LogP contribution in [0.2, 0.25) is 0 Å². The molecule has 1 fully saturated rings. The molecule has 1 amide bonds. The van der Waals surface area contributed by atoms with Gasteiger partial charge in [0.1, 0.15) is 0 Å². The number of methoxy groups -OCH3 is 1. The topological polar surface area (TPSA) is 99.2 Å². The maximum Gasteiger partial charge on any atom is 0.339 e. The van der Waals surface area contributed by atoms with Gasteiger partial charge in [-0.25, -0.2) is 13.2 Å². The number of sulfone groups is 1. The average Bonchev–Trinajstić information content (AvgIpc) is 3.00. The predicted molar refractivity (Wildman–Crippen MR) is 98.9 cm³/mol. The first-order valence-corrected chi connectivity index (χ1v) is 10.5. The van der Waals surface area contributed by atoms with Gasteiger partial charge in [0.25, 0.3) is 5.91 Å². The first-order valence-electron chi connectivity index (χ1n) is 8.67. The lowest BCUT2D eigenvalue weighted by molar-refractivity contribution is -0.140. The molecule has 0 saturated carbocycles. The molecular formula is C18H25NO7S. The maximum atomic E-state index is 12.5. The van der Waals surface area contributed by atoms with Gasteiger partial charge in [0.05, 0.1) is 30.8 Å². The summed E-state index contributed by atoms with van der Waals surface area (Å²) < 4.78 is 39.0. The minimum absolute atomic E-state index is 0.0634. The molecule has 27 heavy (non-hydrogen) atoms. The fraction of sp³-hybridized carbons (Fsp3) is 0.556. The van der Waals surface area contributed by atoms with Crippen LogP contribution in [0.4, 0.5) is 0 Å². The van der Waals surface area contributed by atoms with E-state index in [9.17, 15) is 18.0 Å². The van der Waals surface area contributed by atoms with Gasteiger partial charge in [-0.05, 0) is 38.5 Å². The molecule has 1 aromatic carbocycles. The van der Waals surface area contributed by atoms with E-state index >= 15 is 0 Å². The number of carbonyl (C=O) groups excluding carboxylic acids is 2. The van der Waals surface area contributed by atoms with Crippen LogP contribution in [-0.4, -0.2) is 69.6 Å². The fourth-order valence-electron chi connectivity index (χ4n) is 2.90. The zero-order chi connectivity index (χ0) is 20.2. The summed E-state index contributed by atoms with van der Waals surface area (Å²) in [6, 6.07) is 4.21. The summed E-state index contributed by atoms with van der Waals surface area (Å²) in [5.41, 5.74) is 0.227. The van der Waals surface area contributed by atoms with Gasteiger partial charge in [0, 0.05) is 13.1 Å². The molecule has 2 atom stereocenters. The lowest BCUT2D eigenvalue weighted by atomic mass is 10.2. The van der Waals surface area contributed by atoms with E-state index in [1.54, 1.807) is 6.07 Å². The number of amides is 1. The van der Waals surface area contributed by atoms with E-state index in [2.05, 4.69) is 0 Å². The molecule has 0 bridgehead atoms. The van der Waals surface area contributed by atoms with Crippen molar-refractivity contribution in [2.24, 2.45) is 0 Å². The first kappa shape index (κ1) is 21.0. The van der Waals surface area contributed by atoms with Crippen molar-refractivity contribution in [3.05, 3.63) is 23.8 Å². The minimum Gasteiger partial charge on any atom is -0.493 e. The van der Waals surface area contributed by atoms with Crippen LogP contribution in [0.5, 0.6) is 11.5 Å². The van der Waals surface area contributed by atoms with Crippen LogP contribution in [0.3, 0.4) is 0 Å². The lowest BCUT2D eigenvalue weighted by Crippen LogP contribution is -2.44. The molecule has 8 nitrogen and oxygen atoms in total. The highest BCUT2D eigenvalue weighted by Gasteiger charge is 2.35. The quantitative estimate of drug-likeness (QED) is 0.637. The Hall–Kier alpha value is -2.29. The zero-order valence-electron chi connectivity index (χ0n) is 15.9. The second-order valence-corrected chi connectivity index (χ2v) is 8.58. The molecule has 1 saturated heterocycles. The predicted octanol–water partition coefficient (Wildman–Crippen LogP) is 1.28. The van der Waals surface area contributed by atoms with Gasteiger partial charge >= 0.3 is 5.97 Å². The second-order valence-electron chi connectivity index (χ2n) is 6.35. The van der Waals surface area contributed by atoms with E-state index < -0.39 is 33.9 Å². The molecule has 0 N–H and O–H groups in total. The third-order valence-electron chi connectivity index (χ3n) is 4.43. The van der Waals surface area contributed by atoms with Gasteiger partial charge in [-0.2, -0.15) is 0 Å². The van der Waals surface area contributed by atoms with Crippen LogP contribution >= 0.6 is 0 Å². The fourth-order valence-corrected chi connectivity index (χ4v) is 4.67. The molecular weight excluding hydrogens is 374 g/mol. The molecule has 2 rings (SSSR count). The Labute approximate surface area is 159 Å². The largest absolute Gasteiger partial charge is 0.493 e. The van der Waals surface area contributed by atoms with Crippen molar-refractivity contribution >= 4 is 21.7 Å². The van der Waals surface area contributed by atoms with Crippen molar-refractivity contribution in [1.82, 2.24) is 4.90 Å². The molecule has 0 aliphatic carbocycles. The Kier molecular flexibility index (Phi) is 6.69. The molecule has 1 aliphatic rings. The van der Waals surface area contributed by atoms with Crippen molar-refractivity contribution in [3.63, 3.8) is 0 Å². The number of hydrogen-bond acceptors (Lipinski definition) is 7. The van der Waals surface area contributed by atoms with Gasteiger partial charge in [0.2, 0.25) is 0 Å². The number of benzene rings is 1. The molecule has 1 aromatic rings. The van der Waals surface area contributed by atoms with Crippen LogP contribution in [0, 0.1) is 0 Å². The summed E-state index contributed by atoms with van der Waals surface area (Å²) in [6.07, 6.45) is -0.648. The van der Waals surface area contributed by atoms with Crippen LogP contribution in [0.1, 0.15) is 30.6 Å². The van der Waals surface area contributed by atoms with Crippen LogP contribution in [0.15, 0.2) is 18.2 Å². The molecule has 0 aromatic heterocycles. The number of carbonyl (C=O) groups is 2. The Bertz CT molecular complexity index is 806. The highest BCUT2D eigenvalue weighted by atomic mass is 32.2. The normalized spacial score (nSPS) is 19.2. The van der Waals surface area contributed by atoms with E-state index in [0.717, 1.165) is 0 Å². The van der Waals surface area contributed by atoms with E-state index in [-0.39, 0.29) is 17.1 Å². The number of likely N-dealkylation sites (N-methyl/N-ethyl adjacent to an activating group) is 1. The van der Waals surface area contributed by atoms with Gasteiger partial charge in [-0.3, -0.25) is 4.79 Å². The third kappa shape index (κ3) is 5.12. The second kappa shape index (κ2) is 8.60. The van der Waals surface area contributed by atoms with E-state index in [1.807, 2.05) is 6.92 Å². The summed E-state index contributed by atoms with van der Waals surface area (Å²) in [5.74, 6) is -0.223. The van der Waals surface area contributed by atoms with Gasteiger partial charge in [-0.1, -0.05) is 0 Å². The monoisotopic (exact) mass is 399 g/mol. The van der Waals surface area contributed by atoms with Gasteiger partial charge < -0.3 is 19.1 Å². The first-order chi connectivity index (χ1) is 12.7. The third-order valence-corrected chi connectivity index (χ3v) is 6.18. The summed E-state index contributed by atoms with van der Waals surface area (Å²) >= 11 is 0. The molecule has 1 heterocycles. The summed E-state index contributed by atoms with van der Waals surface area (Å²) in [4.78, 5) is 26.2. The molecule has 0 radical (unpaired) electrons. The van der Waals surface area contributed by atoms with E-state index in [4.69, 9.17) is 14.2 Å². The Balaban J connectivity index is 2.04.